The number of piperidine rings is 1. The van der Waals surface area contributed by atoms with E-state index in [1.165, 1.54) is 29.5 Å². The third kappa shape index (κ3) is 6.78. The maximum atomic E-state index is 9.10. The van der Waals surface area contributed by atoms with E-state index >= 15 is 0 Å². The van der Waals surface area contributed by atoms with Crippen molar-refractivity contribution in [1.82, 2.24) is 15.1 Å². The van der Waals surface area contributed by atoms with Crippen LogP contribution in [0, 0.1) is 6.92 Å². The Balaban J connectivity index is 0.000000531. The van der Waals surface area contributed by atoms with Crippen LogP contribution in [0.25, 0.3) is 0 Å². The van der Waals surface area contributed by atoms with Crippen molar-refractivity contribution in [2.45, 2.75) is 37.5 Å². The van der Waals surface area contributed by atoms with Gasteiger partial charge in [0, 0.05) is 6.92 Å². The SMILES string of the molecule is Cc1nnc(C(CCN2CCC(c3ccccc3)CC2)(c2ccccc2)c2ccccc2)o1.O=C(O)C(=O)O. The Labute approximate surface area is 227 Å². The van der Waals surface area contributed by atoms with E-state index in [0.717, 1.165) is 26.1 Å². The third-order valence-electron chi connectivity index (χ3n) is 7.27. The first-order valence-corrected chi connectivity index (χ1v) is 13.1. The van der Waals surface area contributed by atoms with E-state index in [1.807, 2.05) is 6.92 Å². The van der Waals surface area contributed by atoms with Crippen LogP contribution in [-0.2, 0) is 15.0 Å². The topological polar surface area (TPSA) is 117 Å². The first-order chi connectivity index (χ1) is 18.9. The molecule has 39 heavy (non-hydrogen) atoms. The van der Waals surface area contributed by atoms with E-state index in [4.69, 9.17) is 24.2 Å². The van der Waals surface area contributed by atoms with E-state index in [-0.39, 0.29) is 0 Å². The largest absolute Gasteiger partial charge is 0.473 e. The van der Waals surface area contributed by atoms with Crippen LogP contribution in [0.3, 0.4) is 0 Å². The average molecular weight is 528 g/mol. The summed E-state index contributed by atoms with van der Waals surface area (Å²) in [5.41, 5.74) is 3.39. The maximum Gasteiger partial charge on any atom is 0.414 e. The fourth-order valence-electron chi connectivity index (χ4n) is 5.26. The summed E-state index contributed by atoms with van der Waals surface area (Å²) in [6.45, 7) is 5.07. The van der Waals surface area contributed by atoms with E-state index in [9.17, 15) is 0 Å². The minimum atomic E-state index is -1.82. The number of benzene rings is 3. The van der Waals surface area contributed by atoms with Gasteiger partial charge >= 0.3 is 11.9 Å². The van der Waals surface area contributed by atoms with E-state index in [1.54, 1.807) is 0 Å². The number of aliphatic carboxylic acids is 2. The zero-order valence-electron chi connectivity index (χ0n) is 21.9. The minimum absolute atomic E-state index is 0.472. The molecule has 0 saturated carbocycles. The second-order valence-electron chi connectivity index (χ2n) is 9.65. The number of carboxylic acid groups (broad SMARTS) is 2. The van der Waals surface area contributed by atoms with Gasteiger partial charge in [0.15, 0.2) is 0 Å². The fraction of sp³-hybridized carbons (Fsp3) is 0.290. The number of likely N-dealkylation sites (tertiary alicyclic amines) is 1. The van der Waals surface area contributed by atoms with Gasteiger partial charge in [-0.15, -0.1) is 10.2 Å². The monoisotopic (exact) mass is 527 g/mol. The molecule has 3 aromatic carbocycles. The molecule has 0 aliphatic carbocycles. The number of aromatic nitrogens is 2. The maximum absolute atomic E-state index is 9.10. The van der Waals surface area contributed by atoms with Crippen molar-refractivity contribution >= 4 is 11.9 Å². The first kappa shape index (κ1) is 27.7. The number of carbonyl (C=O) groups is 2. The molecule has 0 radical (unpaired) electrons. The predicted octanol–water partition coefficient (Wildman–Crippen LogP) is 5.14. The van der Waals surface area contributed by atoms with Gasteiger partial charge in [-0.25, -0.2) is 9.59 Å². The molecule has 0 spiro atoms. The van der Waals surface area contributed by atoms with Gasteiger partial charge in [-0.05, 0) is 61.5 Å². The lowest BCUT2D eigenvalue weighted by atomic mass is 9.71. The summed E-state index contributed by atoms with van der Waals surface area (Å²) in [6, 6.07) is 32.2. The highest BCUT2D eigenvalue weighted by Gasteiger charge is 2.41. The zero-order chi connectivity index (χ0) is 27.7. The molecule has 1 fully saturated rings. The van der Waals surface area contributed by atoms with E-state index in [2.05, 4.69) is 106 Å². The second kappa shape index (κ2) is 13.0. The van der Waals surface area contributed by atoms with Gasteiger partial charge in [0.2, 0.25) is 11.8 Å². The van der Waals surface area contributed by atoms with Crippen LogP contribution < -0.4 is 0 Å². The van der Waals surface area contributed by atoms with Gasteiger partial charge in [-0.1, -0.05) is 91.0 Å². The van der Waals surface area contributed by atoms with Crippen molar-refractivity contribution in [2.75, 3.05) is 19.6 Å². The number of rotatable bonds is 7. The summed E-state index contributed by atoms with van der Waals surface area (Å²) < 4.78 is 6.13. The number of hydrogen-bond donors (Lipinski definition) is 2. The van der Waals surface area contributed by atoms with Crippen molar-refractivity contribution in [3.05, 3.63) is 119 Å². The Bertz CT molecular complexity index is 1280. The Kier molecular flexibility index (Phi) is 9.22. The van der Waals surface area contributed by atoms with Gasteiger partial charge in [0.25, 0.3) is 0 Å². The molecular formula is C31H33N3O5. The van der Waals surface area contributed by atoms with Crippen molar-refractivity contribution in [3.63, 3.8) is 0 Å². The van der Waals surface area contributed by atoms with Gasteiger partial charge in [0.05, 0.1) is 5.41 Å². The molecule has 0 unspecified atom stereocenters. The summed E-state index contributed by atoms with van der Waals surface area (Å²) in [5.74, 6) is -1.71. The molecule has 1 aromatic heterocycles. The molecule has 2 N–H and O–H groups in total. The van der Waals surface area contributed by atoms with Crippen LogP contribution in [0.5, 0.6) is 0 Å². The number of nitrogens with zero attached hydrogens (tertiary/aromatic N) is 3. The van der Waals surface area contributed by atoms with Gasteiger partial charge in [0.1, 0.15) is 0 Å². The van der Waals surface area contributed by atoms with E-state index in [0.29, 0.717) is 17.7 Å². The Morgan fingerprint density at radius 3 is 1.74 bits per heavy atom. The fourth-order valence-corrected chi connectivity index (χ4v) is 5.26. The van der Waals surface area contributed by atoms with Crippen LogP contribution in [0.2, 0.25) is 0 Å². The third-order valence-corrected chi connectivity index (χ3v) is 7.27. The highest BCUT2D eigenvalue weighted by molar-refractivity contribution is 6.27. The van der Waals surface area contributed by atoms with Crippen LogP contribution >= 0.6 is 0 Å². The quantitative estimate of drug-likeness (QED) is 0.318. The molecular weight excluding hydrogens is 494 g/mol. The van der Waals surface area contributed by atoms with E-state index < -0.39 is 17.4 Å². The summed E-state index contributed by atoms with van der Waals surface area (Å²) >= 11 is 0. The van der Waals surface area contributed by atoms with Gasteiger partial charge < -0.3 is 19.5 Å². The summed E-state index contributed by atoms with van der Waals surface area (Å²) in [5, 5.41) is 23.5. The van der Waals surface area contributed by atoms with Crippen molar-refractivity contribution < 1.29 is 24.2 Å². The smallest absolute Gasteiger partial charge is 0.414 e. The molecule has 1 aliphatic heterocycles. The molecule has 8 nitrogen and oxygen atoms in total. The lowest BCUT2D eigenvalue weighted by Crippen LogP contribution is -2.39. The van der Waals surface area contributed by atoms with Gasteiger partial charge in [-0.3, -0.25) is 0 Å². The molecule has 0 bridgehead atoms. The summed E-state index contributed by atoms with van der Waals surface area (Å²) in [4.78, 5) is 20.8. The first-order valence-electron chi connectivity index (χ1n) is 13.1. The van der Waals surface area contributed by atoms with Crippen molar-refractivity contribution in [2.24, 2.45) is 0 Å². The lowest BCUT2D eigenvalue weighted by Gasteiger charge is -2.37. The highest BCUT2D eigenvalue weighted by Crippen LogP contribution is 2.42. The molecule has 1 aliphatic rings. The molecule has 1 saturated heterocycles. The molecule has 0 amide bonds. The zero-order valence-corrected chi connectivity index (χ0v) is 21.9. The normalized spacial score (nSPS) is 14.3. The molecule has 2 heterocycles. The molecule has 202 valence electrons. The predicted molar refractivity (Wildman–Crippen MR) is 147 cm³/mol. The number of carboxylic acids is 2. The number of hydrogen-bond acceptors (Lipinski definition) is 6. The average Bonchev–Trinajstić information content (AvgIpc) is 3.42. The van der Waals surface area contributed by atoms with Crippen LogP contribution in [0.1, 0.15) is 53.7 Å². The number of aryl methyl sites for hydroxylation is 1. The molecule has 4 aromatic rings. The molecule has 8 heteroatoms. The van der Waals surface area contributed by atoms with Crippen LogP contribution in [0.4, 0.5) is 0 Å². The second-order valence-corrected chi connectivity index (χ2v) is 9.65. The highest BCUT2D eigenvalue weighted by atomic mass is 16.4. The summed E-state index contributed by atoms with van der Waals surface area (Å²) in [7, 11) is 0. The Hall–Kier alpha value is -4.30. The Morgan fingerprint density at radius 2 is 1.31 bits per heavy atom. The summed E-state index contributed by atoms with van der Waals surface area (Å²) in [6.07, 6.45) is 3.29. The van der Waals surface area contributed by atoms with Crippen LogP contribution in [-0.4, -0.2) is 56.9 Å². The lowest BCUT2D eigenvalue weighted by molar-refractivity contribution is -0.159. The van der Waals surface area contributed by atoms with Gasteiger partial charge in [-0.2, -0.15) is 0 Å². The van der Waals surface area contributed by atoms with Crippen LogP contribution in [0.15, 0.2) is 95.4 Å². The standard InChI is InChI=1S/C29H31N3O.C2H2O4/c1-23-30-31-28(33-23)29(26-13-7-3-8-14-26,27-15-9-4-10-16-27)19-22-32-20-17-25(18-21-32)24-11-5-2-6-12-24;3-1(4)2(5)6/h2-16,25H,17-22H2,1H3;(H,3,4)(H,5,6). The minimum Gasteiger partial charge on any atom is -0.473 e. The molecule has 0 atom stereocenters. The van der Waals surface area contributed by atoms with Crippen molar-refractivity contribution in [1.29, 1.82) is 0 Å². The Morgan fingerprint density at radius 1 is 0.821 bits per heavy atom. The molecule has 5 rings (SSSR count). The van der Waals surface area contributed by atoms with Crippen molar-refractivity contribution in [3.8, 4) is 0 Å².